The molecule has 0 saturated carbocycles. The van der Waals surface area contributed by atoms with Crippen LogP contribution in [0.2, 0.25) is 0 Å². The van der Waals surface area contributed by atoms with Crippen molar-refractivity contribution in [2.45, 2.75) is 50.2 Å². The highest BCUT2D eigenvalue weighted by Gasteiger charge is 2.29. The van der Waals surface area contributed by atoms with Crippen LogP contribution in [0.25, 0.3) is 0 Å². The summed E-state index contributed by atoms with van der Waals surface area (Å²) in [6.45, 7) is -0.419. The van der Waals surface area contributed by atoms with Crippen molar-refractivity contribution < 1.29 is 38.1 Å². The summed E-state index contributed by atoms with van der Waals surface area (Å²) in [4.78, 5) is 87.3. The highest BCUT2D eigenvalue weighted by atomic mass is 19.1. The second-order valence-electron chi connectivity index (χ2n) is 12.5. The Morgan fingerprint density at radius 2 is 1.36 bits per heavy atom. The molecule has 0 unspecified atom stereocenters. The fourth-order valence-corrected chi connectivity index (χ4v) is 5.66. The molecular formula is C39H42FN7O8. The molecule has 0 radical (unpaired) electrons. The van der Waals surface area contributed by atoms with E-state index in [1.807, 2.05) is 42.5 Å². The Hall–Kier alpha value is -6.71. The summed E-state index contributed by atoms with van der Waals surface area (Å²) in [6, 6.07) is 17.0. The van der Waals surface area contributed by atoms with Crippen molar-refractivity contribution >= 4 is 41.6 Å². The van der Waals surface area contributed by atoms with Gasteiger partial charge in [-0.15, -0.1) is 0 Å². The average molecular weight is 756 g/mol. The predicted molar refractivity (Wildman–Crippen MR) is 200 cm³/mol. The molecule has 0 aliphatic heterocycles. The topological polar surface area (TPSA) is 218 Å². The first-order chi connectivity index (χ1) is 26.5. The molecule has 0 heterocycles. The molecule has 16 heteroatoms. The number of nitro benzene ring substituents is 1. The molecule has 3 atom stereocenters. The van der Waals surface area contributed by atoms with Crippen LogP contribution in [0, 0.1) is 15.9 Å². The number of hydrogen-bond donors (Lipinski definition) is 6. The monoisotopic (exact) mass is 755 g/mol. The molecule has 4 rings (SSSR count). The lowest BCUT2D eigenvalue weighted by Gasteiger charge is -2.24. The van der Waals surface area contributed by atoms with Crippen molar-refractivity contribution in [3.05, 3.63) is 135 Å². The van der Waals surface area contributed by atoms with Gasteiger partial charge in [0.2, 0.25) is 30.0 Å². The lowest BCUT2D eigenvalue weighted by atomic mass is 9.98. The number of carbonyl (C=O) groups excluding carboxylic acids is 6. The minimum atomic E-state index is -1.32. The van der Waals surface area contributed by atoms with Crippen molar-refractivity contribution in [2.75, 3.05) is 19.6 Å². The highest BCUT2D eigenvalue weighted by molar-refractivity contribution is 5.99. The van der Waals surface area contributed by atoms with Gasteiger partial charge in [0.1, 0.15) is 23.9 Å². The minimum absolute atomic E-state index is 0.00775. The number of halogens is 1. The van der Waals surface area contributed by atoms with Gasteiger partial charge in [0.15, 0.2) is 0 Å². The number of nitrogens with zero attached hydrogens (tertiary/aromatic N) is 1. The van der Waals surface area contributed by atoms with Gasteiger partial charge in [-0.1, -0.05) is 78.9 Å². The lowest BCUT2D eigenvalue weighted by Crippen LogP contribution is -2.55. The fourth-order valence-electron chi connectivity index (χ4n) is 5.66. The second-order valence-corrected chi connectivity index (χ2v) is 12.5. The molecule has 3 aromatic rings. The number of nitro groups is 1. The van der Waals surface area contributed by atoms with Gasteiger partial charge in [-0.3, -0.25) is 38.9 Å². The van der Waals surface area contributed by atoms with Crippen molar-refractivity contribution in [3.63, 3.8) is 0 Å². The molecule has 0 bridgehead atoms. The fraction of sp³-hybridized carbons (Fsp3) is 0.282. The van der Waals surface area contributed by atoms with Gasteiger partial charge in [-0.05, 0) is 35.6 Å². The van der Waals surface area contributed by atoms with E-state index in [9.17, 15) is 43.3 Å². The van der Waals surface area contributed by atoms with E-state index in [4.69, 9.17) is 0 Å². The summed E-state index contributed by atoms with van der Waals surface area (Å²) in [7, 11) is 0. The standard InChI is InChI=1S/C39H42FN7O8/c40-31-17-16-29(47(54)55)23-30(31)36(50)45-34(22-28-14-8-3-9-15-28)39(53)46-33(21-27-12-6-2-7-13-27)38(52)43-24-35(49)41-18-19-42-37(51)32(44-25-48)20-26-10-4-1-5-11-26/h1-2,4-8,10-17,23,25,32-34H,3,9,18-22,24H2,(H,41,49)(H,42,51)(H,43,52)(H,44,48)(H,45,50)(H,46,53)/t32-,33-,34-/m0/s1. The minimum Gasteiger partial charge on any atom is -0.353 e. The quantitative estimate of drug-likeness (QED) is 0.0433. The van der Waals surface area contributed by atoms with Crippen molar-refractivity contribution in [1.29, 1.82) is 0 Å². The molecule has 0 spiro atoms. The molecule has 15 nitrogen and oxygen atoms in total. The van der Waals surface area contributed by atoms with Gasteiger partial charge in [-0.2, -0.15) is 0 Å². The molecule has 0 saturated heterocycles. The van der Waals surface area contributed by atoms with Gasteiger partial charge < -0.3 is 31.9 Å². The Morgan fingerprint density at radius 3 is 1.98 bits per heavy atom. The van der Waals surface area contributed by atoms with E-state index in [1.54, 1.807) is 36.4 Å². The smallest absolute Gasteiger partial charge is 0.270 e. The Kier molecular flexibility index (Phi) is 15.8. The largest absolute Gasteiger partial charge is 0.353 e. The van der Waals surface area contributed by atoms with Crippen LogP contribution in [-0.4, -0.2) is 78.6 Å². The summed E-state index contributed by atoms with van der Waals surface area (Å²) < 4.78 is 14.6. The number of carbonyl (C=O) groups is 6. The molecule has 1 aliphatic rings. The number of amides is 6. The van der Waals surface area contributed by atoms with E-state index >= 15 is 0 Å². The molecule has 1 aliphatic carbocycles. The summed E-state index contributed by atoms with van der Waals surface area (Å²) >= 11 is 0. The maximum absolute atomic E-state index is 14.6. The normalized spacial score (nSPS) is 13.5. The number of non-ortho nitro benzene ring substituents is 1. The third kappa shape index (κ3) is 13.3. The highest BCUT2D eigenvalue weighted by Crippen LogP contribution is 2.19. The van der Waals surface area contributed by atoms with E-state index in [-0.39, 0.29) is 32.4 Å². The van der Waals surface area contributed by atoms with Crippen LogP contribution in [0.15, 0.2) is 103 Å². The Bertz CT molecular complexity index is 1910. The number of rotatable bonds is 20. The maximum Gasteiger partial charge on any atom is 0.270 e. The first kappa shape index (κ1) is 41.1. The summed E-state index contributed by atoms with van der Waals surface area (Å²) in [5.74, 6) is -4.62. The Morgan fingerprint density at radius 1 is 0.745 bits per heavy atom. The average Bonchev–Trinajstić information content (AvgIpc) is 3.19. The second kappa shape index (κ2) is 21.1. The van der Waals surface area contributed by atoms with Gasteiger partial charge in [0.25, 0.3) is 11.6 Å². The maximum atomic E-state index is 14.6. The van der Waals surface area contributed by atoms with Gasteiger partial charge in [-0.25, -0.2) is 4.39 Å². The number of hydrogen-bond acceptors (Lipinski definition) is 8. The third-order valence-electron chi connectivity index (χ3n) is 8.49. The van der Waals surface area contributed by atoms with Crippen LogP contribution >= 0.6 is 0 Å². The van der Waals surface area contributed by atoms with Crippen LogP contribution < -0.4 is 31.9 Å². The summed E-state index contributed by atoms with van der Waals surface area (Å²) in [5.41, 5.74) is 1.08. The van der Waals surface area contributed by atoms with E-state index in [1.165, 1.54) is 0 Å². The molecule has 55 heavy (non-hydrogen) atoms. The summed E-state index contributed by atoms with van der Waals surface area (Å²) in [5, 5.41) is 26.6. The van der Waals surface area contributed by atoms with Crippen molar-refractivity contribution in [2.24, 2.45) is 0 Å². The number of benzene rings is 3. The summed E-state index contributed by atoms with van der Waals surface area (Å²) in [6.07, 6.45) is 7.71. The zero-order chi connectivity index (χ0) is 39.6. The van der Waals surface area contributed by atoms with Crippen molar-refractivity contribution in [1.82, 2.24) is 31.9 Å². The molecule has 6 amide bonds. The van der Waals surface area contributed by atoms with Crippen LogP contribution in [0.1, 0.15) is 40.7 Å². The molecule has 0 fully saturated rings. The Balaban J connectivity index is 1.38. The third-order valence-corrected chi connectivity index (χ3v) is 8.49. The molecular weight excluding hydrogens is 713 g/mol. The zero-order valence-corrected chi connectivity index (χ0v) is 29.8. The molecule has 3 aromatic carbocycles. The van der Waals surface area contributed by atoms with Crippen LogP contribution in [-0.2, 0) is 36.8 Å². The predicted octanol–water partition coefficient (Wildman–Crippen LogP) is 1.93. The lowest BCUT2D eigenvalue weighted by molar-refractivity contribution is -0.384. The van der Waals surface area contributed by atoms with E-state index in [2.05, 4.69) is 31.9 Å². The van der Waals surface area contributed by atoms with E-state index in [0.717, 1.165) is 30.2 Å². The van der Waals surface area contributed by atoms with Crippen LogP contribution in [0.3, 0.4) is 0 Å². The van der Waals surface area contributed by atoms with Gasteiger partial charge in [0.05, 0.1) is 17.0 Å². The molecule has 0 aromatic heterocycles. The first-order valence-electron chi connectivity index (χ1n) is 17.5. The van der Waals surface area contributed by atoms with Gasteiger partial charge in [0, 0.05) is 44.5 Å². The first-order valence-corrected chi connectivity index (χ1v) is 17.5. The van der Waals surface area contributed by atoms with E-state index < -0.39 is 76.2 Å². The SMILES string of the molecule is O=CN[C@@H](Cc1ccccc1)C(=O)NCCNC(=O)CNC(=O)[C@H](Cc1ccccc1)NC(=O)[C@H](CC1=CCCC=C1)NC(=O)c1cc([N+](=O)[O-])ccc1F. The van der Waals surface area contributed by atoms with E-state index in [0.29, 0.717) is 24.0 Å². The van der Waals surface area contributed by atoms with Gasteiger partial charge >= 0.3 is 0 Å². The molecule has 6 N–H and O–H groups in total. The number of nitrogens with one attached hydrogen (secondary N) is 6. The number of allylic oxidation sites excluding steroid dienone is 3. The zero-order valence-electron chi connectivity index (χ0n) is 29.8. The van der Waals surface area contributed by atoms with Crippen molar-refractivity contribution in [3.8, 4) is 0 Å². The molecule has 288 valence electrons. The van der Waals surface area contributed by atoms with Crippen LogP contribution in [0.5, 0.6) is 0 Å². The van der Waals surface area contributed by atoms with Crippen LogP contribution in [0.4, 0.5) is 10.1 Å². The Labute approximate surface area is 316 Å².